The minimum absolute atomic E-state index is 0.151. The Bertz CT molecular complexity index is 5080. The highest BCUT2D eigenvalue weighted by molar-refractivity contribution is 6.21. The van der Waals surface area contributed by atoms with Gasteiger partial charge in [0.25, 0.3) is 0 Å². The number of benzene rings is 10. The van der Waals surface area contributed by atoms with Crippen molar-refractivity contribution in [2.45, 2.75) is 231 Å². The molecule has 2 heterocycles. The molecule has 2 aromatic heterocycles. The summed E-state index contributed by atoms with van der Waals surface area (Å²) in [6, 6.07) is 69.1. The van der Waals surface area contributed by atoms with Gasteiger partial charge < -0.3 is 13.7 Å². The lowest BCUT2D eigenvalue weighted by molar-refractivity contribution is 0.154. The predicted octanol–water partition coefficient (Wildman–Crippen LogP) is 28.7. The molecule has 0 N–H and O–H groups in total. The van der Waals surface area contributed by atoms with Crippen LogP contribution in [-0.2, 0) is 21.7 Å². The number of unbranched alkanes of at least 4 members (excludes halogenated alkanes) is 12. The van der Waals surface area contributed by atoms with Crippen LogP contribution < -0.4 is 4.90 Å². The second-order valence-electron chi connectivity index (χ2n) is 32.2. The Morgan fingerprint density at radius 3 is 1.55 bits per heavy atom. The maximum atomic E-state index is 7.60. The molecule has 12 aromatic rings. The summed E-state index contributed by atoms with van der Waals surface area (Å²) in [5.41, 5.74) is 30.3. The first kappa shape index (κ1) is 63.3. The van der Waals surface area contributed by atoms with E-state index in [2.05, 4.69) is 236 Å². The van der Waals surface area contributed by atoms with Crippen LogP contribution in [0, 0.1) is 5.41 Å². The summed E-state index contributed by atoms with van der Waals surface area (Å²) in [6.07, 6.45) is 30.3. The number of rotatable bonds is 23. The lowest BCUT2D eigenvalue weighted by Gasteiger charge is -2.40. The van der Waals surface area contributed by atoms with Crippen LogP contribution >= 0.6 is 0 Å². The molecule has 5 aliphatic rings. The van der Waals surface area contributed by atoms with Crippen molar-refractivity contribution in [2.75, 3.05) is 4.90 Å². The first-order valence-corrected chi connectivity index (χ1v) is 38.7. The van der Waals surface area contributed by atoms with Crippen LogP contribution in [0.5, 0.6) is 0 Å². The molecular weight excluding hydrogens is 1190 g/mol. The Morgan fingerprint density at radius 2 is 0.847 bits per heavy atom. The summed E-state index contributed by atoms with van der Waals surface area (Å²) in [5.74, 6) is 0. The minimum Gasteiger partial charge on any atom is -0.456 e. The Balaban J connectivity index is 0.910. The van der Waals surface area contributed by atoms with Gasteiger partial charge in [0.2, 0.25) is 0 Å². The molecule has 0 fully saturated rings. The van der Waals surface area contributed by atoms with Crippen molar-refractivity contribution < 1.29 is 8.83 Å². The summed E-state index contributed by atoms with van der Waals surface area (Å²) < 4.78 is 14.2. The highest BCUT2D eigenvalue weighted by Gasteiger charge is 2.56. The first-order valence-electron chi connectivity index (χ1n) is 38.7. The zero-order valence-electron chi connectivity index (χ0n) is 60.0. The average Bonchev–Trinajstić information content (AvgIpc) is 1.49. The van der Waals surface area contributed by atoms with Gasteiger partial charge in [0.1, 0.15) is 22.3 Å². The largest absolute Gasteiger partial charge is 0.456 e. The monoisotopic (exact) mass is 1290 g/mol. The molecule has 0 saturated heterocycles. The summed E-state index contributed by atoms with van der Waals surface area (Å²) in [4.78, 5) is 2.69. The minimum atomic E-state index is -0.294. The van der Waals surface area contributed by atoms with Crippen molar-refractivity contribution in [1.82, 2.24) is 0 Å². The summed E-state index contributed by atoms with van der Waals surface area (Å²) in [7, 11) is 0. The van der Waals surface area contributed by atoms with Gasteiger partial charge in [-0.2, -0.15) is 0 Å². The van der Waals surface area contributed by atoms with E-state index in [1.165, 1.54) is 257 Å². The van der Waals surface area contributed by atoms with Crippen LogP contribution in [0.15, 0.2) is 185 Å². The van der Waals surface area contributed by atoms with E-state index >= 15 is 0 Å². The molecule has 3 heteroatoms. The van der Waals surface area contributed by atoms with Gasteiger partial charge in [-0.3, -0.25) is 0 Å². The maximum absolute atomic E-state index is 7.60. The third kappa shape index (κ3) is 9.59. The SMILES string of the molecule is CCCCCCCC12CCC(CCCCC)(CCCCC)CCC3(CCCCCCC)c4cc(N(c5ccc6c(c5)C(C)(C)c5cc7c(cc5-6)C(C)(C)c5ccc6oc8ccccc8c6c5-7)c5cccc6ccccc56)ccc4-c4c3c1c(c1oc3ccccc3c41)-c1ccccc12. The molecule has 0 bridgehead atoms. The second-order valence-corrected chi connectivity index (χ2v) is 32.2. The van der Waals surface area contributed by atoms with Crippen LogP contribution in [0.25, 0.3) is 99.2 Å². The van der Waals surface area contributed by atoms with Crippen molar-refractivity contribution in [2.24, 2.45) is 5.41 Å². The van der Waals surface area contributed by atoms with Gasteiger partial charge in [0.15, 0.2) is 0 Å². The number of para-hydroxylation sites is 2. The zero-order chi connectivity index (χ0) is 66.7. The van der Waals surface area contributed by atoms with Gasteiger partial charge in [-0.25, -0.2) is 0 Å². The number of furan rings is 2. The highest BCUT2D eigenvalue weighted by atomic mass is 16.3. The van der Waals surface area contributed by atoms with E-state index in [1.54, 1.807) is 22.3 Å². The van der Waals surface area contributed by atoms with Crippen molar-refractivity contribution in [3.63, 3.8) is 0 Å². The molecule has 5 aliphatic carbocycles. The molecule has 10 aromatic carbocycles. The number of hydrogen-bond acceptors (Lipinski definition) is 3. The standard InChI is InChI=1S/C95H101NO2/c1-9-13-17-19-31-52-94-56-54-93(50-29-15-11-3,51-30-16-12-4)55-57-95(53-32-20-18-14-10-2)78-59-64(45-47-68(78)85-86-70-39-25-28-43-81(70)98-90(86)87(89(94)88(85)95)67-37-23-26-40-73(67)94)96(79-41-33-35-62-34-21-22-36-65(62)79)63-44-46-66-71-60-77-72(61-76(71)92(7,8)75(66)58-63)83-74(91(77,5)6)48-49-82-84(83)69-38-24-27-42-80(69)97-82/h21-28,33-49,58-61H,9-20,29-32,50-57H2,1-8H3. The molecule has 0 saturated carbocycles. The van der Waals surface area contributed by atoms with Crippen molar-refractivity contribution in [1.29, 1.82) is 0 Å². The van der Waals surface area contributed by atoms with Crippen molar-refractivity contribution in [3.05, 3.63) is 220 Å². The molecule has 2 unspecified atom stereocenters. The zero-order valence-corrected chi connectivity index (χ0v) is 60.0. The molecule has 0 aliphatic heterocycles. The molecule has 17 rings (SSSR count). The van der Waals surface area contributed by atoms with E-state index in [1.807, 2.05) is 0 Å². The molecule has 0 radical (unpaired) electrons. The molecule has 0 amide bonds. The summed E-state index contributed by atoms with van der Waals surface area (Å²) in [5, 5.41) is 7.55. The summed E-state index contributed by atoms with van der Waals surface area (Å²) >= 11 is 0. The fourth-order valence-corrected chi connectivity index (χ4v) is 20.9. The smallest absolute Gasteiger partial charge is 0.144 e. The number of anilines is 3. The van der Waals surface area contributed by atoms with Crippen molar-refractivity contribution in [3.8, 4) is 44.5 Å². The van der Waals surface area contributed by atoms with Gasteiger partial charge in [-0.1, -0.05) is 273 Å². The summed E-state index contributed by atoms with van der Waals surface area (Å²) in [6.45, 7) is 19.5. The normalized spacial score (nSPS) is 18.6. The van der Waals surface area contributed by atoms with Gasteiger partial charge in [-0.15, -0.1) is 0 Å². The van der Waals surface area contributed by atoms with E-state index in [0.717, 1.165) is 35.2 Å². The third-order valence-corrected chi connectivity index (χ3v) is 26.0. The quantitative estimate of drug-likeness (QED) is 0.0598. The molecule has 2 atom stereocenters. The van der Waals surface area contributed by atoms with Gasteiger partial charge in [0, 0.05) is 65.5 Å². The maximum Gasteiger partial charge on any atom is 0.144 e. The third-order valence-electron chi connectivity index (χ3n) is 26.0. The average molecular weight is 1290 g/mol. The predicted molar refractivity (Wildman–Crippen MR) is 417 cm³/mol. The van der Waals surface area contributed by atoms with Crippen LogP contribution in [0.4, 0.5) is 17.1 Å². The lowest BCUT2D eigenvalue weighted by Crippen LogP contribution is -2.32. The Labute approximate surface area is 583 Å². The topological polar surface area (TPSA) is 29.5 Å². The Morgan fingerprint density at radius 1 is 0.337 bits per heavy atom. The van der Waals surface area contributed by atoms with Crippen LogP contribution in [0.1, 0.15) is 254 Å². The van der Waals surface area contributed by atoms with Crippen LogP contribution in [0.2, 0.25) is 0 Å². The van der Waals surface area contributed by atoms with E-state index in [4.69, 9.17) is 8.83 Å². The second kappa shape index (κ2) is 24.6. The van der Waals surface area contributed by atoms with E-state index in [-0.39, 0.29) is 27.1 Å². The van der Waals surface area contributed by atoms with E-state index in [9.17, 15) is 0 Å². The molecule has 498 valence electrons. The van der Waals surface area contributed by atoms with Crippen LogP contribution in [-0.4, -0.2) is 0 Å². The van der Waals surface area contributed by atoms with Gasteiger partial charge in [-0.05, 0) is 206 Å². The first-order chi connectivity index (χ1) is 47.9. The Kier molecular flexibility index (Phi) is 15.9. The van der Waals surface area contributed by atoms with Gasteiger partial charge in [0.05, 0.1) is 5.69 Å². The van der Waals surface area contributed by atoms with Crippen LogP contribution in [0.3, 0.4) is 0 Å². The number of fused-ring (bicyclic) bond motifs is 22. The van der Waals surface area contributed by atoms with E-state index < -0.39 is 0 Å². The molecule has 98 heavy (non-hydrogen) atoms. The van der Waals surface area contributed by atoms with Crippen molar-refractivity contribution >= 4 is 71.7 Å². The molecular formula is C95H101NO2. The fourth-order valence-electron chi connectivity index (χ4n) is 20.9. The number of hydrogen-bond donors (Lipinski definition) is 0. The fraction of sp³-hybridized carbons (Fsp3) is 0.389. The molecule has 3 nitrogen and oxygen atoms in total. The molecule has 0 spiro atoms. The Hall–Kier alpha value is -8.14. The van der Waals surface area contributed by atoms with E-state index in [0.29, 0.717) is 0 Å². The lowest BCUT2D eigenvalue weighted by atomic mass is 9.64. The highest BCUT2D eigenvalue weighted by Crippen LogP contribution is 2.70. The number of nitrogens with zero attached hydrogens (tertiary/aromatic N) is 1. The van der Waals surface area contributed by atoms with Gasteiger partial charge >= 0.3 is 0 Å².